The standard InChI is InChI=1S/C21H20F3N5O3S/c1-3-29-19(26-27-20(29)32-16-8-7-14-9-10-25-18(14)12-16)13(2)28-33(30,31)17-6-4-5-15(11-17)21(22,23)24/h4-13,25,28H,3H2,1-2H3/t13-/m1/s1. The molecule has 33 heavy (non-hydrogen) atoms. The normalized spacial score (nSPS) is 13.4. The highest BCUT2D eigenvalue weighted by Crippen LogP contribution is 2.31. The summed E-state index contributed by atoms with van der Waals surface area (Å²) in [7, 11) is -4.26. The van der Waals surface area contributed by atoms with Crippen LogP contribution in [0.5, 0.6) is 11.8 Å². The summed E-state index contributed by atoms with van der Waals surface area (Å²) in [5.74, 6) is 0.764. The highest BCUT2D eigenvalue weighted by molar-refractivity contribution is 7.89. The molecule has 12 heteroatoms. The maximum atomic E-state index is 13.0. The number of H-pyrrole nitrogens is 1. The maximum Gasteiger partial charge on any atom is 0.416 e. The Hall–Kier alpha value is -3.38. The molecule has 1 atom stereocenters. The fourth-order valence-corrected chi connectivity index (χ4v) is 4.63. The summed E-state index contributed by atoms with van der Waals surface area (Å²) in [6.07, 6.45) is -2.85. The second-order valence-electron chi connectivity index (χ2n) is 7.28. The quantitative estimate of drug-likeness (QED) is 0.402. The predicted molar refractivity (Wildman–Crippen MR) is 114 cm³/mol. The number of aromatic nitrogens is 4. The number of halogens is 3. The van der Waals surface area contributed by atoms with Crippen LogP contribution in [0.1, 0.15) is 31.3 Å². The monoisotopic (exact) mass is 479 g/mol. The van der Waals surface area contributed by atoms with Crippen LogP contribution in [0, 0.1) is 0 Å². The van der Waals surface area contributed by atoms with Gasteiger partial charge in [-0.15, -0.1) is 5.10 Å². The molecule has 0 aliphatic carbocycles. The first-order valence-corrected chi connectivity index (χ1v) is 11.4. The Balaban J connectivity index is 1.57. The van der Waals surface area contributed by atoms with Gasteiger partial charge in [-0.05, 0) is 55.6 Å². The van der Waals surface area contributed by atoms with E-state index in [-0.39, 0.29) is 11.8 Å². The molecule has 2 aromatic heterocycles. The largest absolute Gasteiger partial charge is 0.424 e. The minimum atomic E-state index is -4.66. The molecule has 4 aromatic rings. The van der Waals surface area contributed by atoms with Crippen molar-refractivity contribution in [3.63, 3.8) is 0 Å². The van der Waals surface area contributed by atoms with E-state index in [1.165, 1.54) is 6.92 Å². The van der Waals surface area contributed by atoms with Crippen molar-refractivity contribution < 1.29 is 26.3 Å². The van der Waals surface area contributed by atoms with E-state index in [0.717, 1.165) is 29.1 Å². The molecule has 0 aliphatic rings. The van der Waals surface area contributed by atoms with E-state index in [9.17, 15) is 21.6 Å². The van der Waals surface area contributed by atoms with Crippen LogP contribution < -0.4 is 9.46 Å². The van der Waals surface area contributed by atoms with Crippen LogP contribution in [0.2, 0.25) is 0 Å². The molecule has 8 nitrogen and oxygen atoms in total. The first-order chi connectivity index (χ1) is 15.6. The molecule has 4 rings (SSSR count). The van der Waals surface area contributed by atoms with E-state index in [1.807, 2.05) is 19.1 Å². The van der Waals surface area contributed by atoms with Crippen LogP contribution in [0.25, 0.3) is 10.9 Å². The van der Waals surface area contributed by atoms with Crippen LogP contribution in [-0.2, 0) is 22.7 Å². The van der Waals surface area contributed by atoms with Gasteiger partial charge in [0.1, 0.15) is 5.75 Å². The maximum absolute atomic E-state index is 13.0. The smallest absolute Gasteiger partial charge is 0.416 e. The number of benzene rings is 2. The zero-order chi connectivity index (χ0) is 23.8. The number of nitrogens with one attached hydrogen (secondary N) is 2. The first kappa shape index (κ1) is 22.8. The summed E-state index contributed by atoms with van der Waals surface area (Å²) in [4.78, 5) is 2.58. The molecule has 0 bridgehead atoms. The number of alkyl halides is 3. The molecular formula is C21H20F3N5O3S. The molecule has 0 saturated heterocycles. The van der Waals surface area contributed by atoms with Gasteiger partial charge >= 0.3 is 12.2 Å². The lowest BCUT2D eigenvalue weighted by atomic mass is 10.2. The molecule has 174 valence electrons. The number of hydrogen-bond acceptors (Lipinski definition) is 5. The minimum absolute atomic E-state index is 0.156. The van der Waals surface area contributed by atoms with Gasteiger partial charge in [0.2, 0.25) is 10.0 Å². The van der Waals surface area contributed by atoms with Gasteiger partial charge in [-0.3, -0.25) is 4.57 Å². The number of nitrogens with zero attached hydrogens (tertiary/aromatic N) is 3. The molecule has 0 radical (unpaired) electrons. The van der Waals surface area contributed by atoms with Crippen molar-refractivity contribution in [2.75, 3.05) is 0 Å². The lowest BCUT2D eigenvalue weighted by Gasteiger charge is -2.16. The van der Waals surface area contributed by atoms with Crippen molar-refractivity contribution >= 4 is 20.9 Å². The molecule has 0 fully saturated rings. The average molecular weight is 479 g/mol. The third kappa shape index (κ3) is 4.71. The number of aromatic amines is 1. The Morgan fingerprint density at radius 2 is 1.94 bits per heavy atom. The summed E-state index contributed by atoms with van der Waals surface area (Å²) in [5, 5.41) is 9.07. The van der Waals surface area contributed by atoms with E-state index >= 15 is 0 Å². The molecule has 2 heterocycles. The van der Waals surface area contributed by atoms with Crippen LogP contribution in [-0.4, -0.2) is 28.2 Å². The number of rotatable bonds is 7. The highest BCUT2D eigenvalue weighted by atomic mass is 32.2. The van der Waals surface area contributed by atoms with E-state index in [2.05, 4.69) is 19.9 Å². The van der Waals surface area contributed by atoms with Gasteiger partial charge < -0.3 is 9.72 Å². The molecule has 0 spiro atoms. The van der Waals surface area contributed by atoms with Gasteiger partial charge in [0.25, 0.3) is 0 Å². The molecule has 0 aliphatic heterocycles. The van der Waals surface area contributed by atoms with Gasteiger partial charge in [0, 0.05) is 24.3 Å². The molecule has 0 amide bonds. The van der Waals surface area contributed by atoms with Crippen LogP contribution in [0.3, 0.4) is 0 Å². The Morgan fingerprint density at radius 1 is 1.15 bits per heavy atom. The second kappa shape index (κ2) is 8.52. The summed E-state index contributed by atoms with van der Waals surface area (Å²) >= 11 is 0. The summed E-state index contributed by atoms with van der Waals surface area (Å²) in [5.41, 5.74) is -0.179. The number of sulfonamides is 1. The predicted octanol–water partition coefficient (Wildman–Crippen LogP) is 4.63. The van der Waals surface area contributed by atoms with Crippen molar-refractivity contribution in [1.29, 1.82) is 0 Å². The van der Waals surface area contributed by atoms with Gasteiger partial charge in [0.05, 0.1) is 16.5 Å². The van der Waals surface area contributed by atoms with Crippen LogP contribution in [0.4, 0.5) is 13.2 Å². The fourth-order valence-electron chi connectivity index (χ4n) is 3.38. The van der Waals surface area contributed by atoms with Crippen molar-refractivity contribution in [2.45, 2.75) is 37.5 Å². The van der Waals surface area contributed by atoms with E-state index in [1.54, 1.807) is 22.9 Å². The van der Waals surface area contributed by atoms with Crippen molar-refractivity contribution in [3.05, 3.63) is 66.1 Å². The minimum Gasteiger partial charge on any atom is -0.424 e. The summed E-state index contributed by atoms with van der Waals surface area (Å²) in [6, 6.07) is 10.2. The van der Waals surface area contributed by atoms with Crippen LogP contribution >= 0.6 is 0 Å². The molecular weight excluding hydrogens is 459 g/mol. The van der Waals surface area contributed by atoms with Gasteiger partial charge in [-0.25, -0.2) is 13.1 Å². The zero-order valence-corrected chi connectivity index (χ0v) is 18.4. The SMILES string of the molecule is CCn1c(Oc2ccc3cc[nH]c3c2)nnc1[C@@H](C)NS(=O)(=O)c1cccc(C(F)(F)F)c1. The highest BCUT2D eigenvalue weighted by Gasteiger charge is 2.32. The molecule has 2 N–H and O–H groups in total. The third-order valence-electron chi connectivity index (χ3n) is 4.99. The first-order valence-electron chi connectivity index (χ1n) is 9.96. The number of ether oxygens (including phenoxy) is 1. The summed E-state index contributed by atoms with van der Waals surface area (Å²) in [6.45, 7) is 3.70. The van der Waals surface area contributed by atoms with Crippen molar-refractivity contribution in [1.82, 2.24) is 24.5 Å². The van der Waals surface area contributed by atoms with E-state index in [4.69, 9.17) is 4.74 Å². The molecule has 0 saturated carbocycles. The Bertz CT molecular complexity index is 1400. The molecule has 2 aromatic carbocycles. The lowest BCUT2D eigenvalue weighted by Crippen LogP contribution is -2.29. The fraction of sp³-hybridized carbons (Fsp3) is 0.238. The Morgan fingerprint density at radius 3 is 2.67 bits per heavy atom. The van der Waals surface area contributed by atoms with Crippen LogP contribution in [0.15, 0.2) is 59.6 Å². The summed E-state index contributed by atoms with van der Waals surface area (Å²) < 4.78 is 74.2. The third-order valence-corrected chi connectivity index (χ3v) is 6.53. The zero-order valence-electron chi connectivity index (χ0n) is 17.6. The van der Waals surface area contributed by atoms with Gasteiger partial charge in [0.15, 0.2) is 5.82 Å². The van der Waals surface area contributed by atoms with Gasteiger partial charge in [-0.2, -0.15) is 13.2 Å². The second-order valence-corrected chi connectivity index (χ2v) is 9.00. The Labute approximate surface area is 187 Å². The average Bonchev–Trinajstić information content (AvgIpc) is 3.39. The molecule has 0 unspecified atom stereocenters. The van der Waals surface area contributed by atoms with E-state index in [0.29, 0.717) is 18.4 Å². The topological polar surface area (TPSA) is 102 Å². The lowest BCUT2D eigenvalue weighted by molar-refractivity contribution is -0.137. The number of fused-ring (bicyclic) bond motifs is 1. The van der Waals surface area contributed by atoms with Crippen molar-refractivity contribution in [3.8, 4) is 11.8 Å². The van der Waals surface area contributed by atoms with Gasteiger partial charge in [-0.1, -0.05) is 11.2 Å². The number of hydrogen-bond donors (Lipinski definition) is 2. The van der Waals surface area contributed by atoms with E-state index < -0.39 is 32.7 Å². The van der Waals surface area contributed by atoms with Crippen molar-refractivity contribution in [2.24, 2.45) is 0 Å². The Kier molecular flexibility index (Phi) is 5.89.